The molecule has 0 aliphatic rings. The largest absolute Gasteiger partial charge is 0.168 e. The molecule has 124 valence electrons. The molecule has 0 saturated heterocycles. The fourth-order valence-electron chi connectivity index (χ4n) is 2.59. The standard InChI is InChI=1S/C11H11.C9H7.2ClH.Hf.H2Si/c1-8-7-10-5-3-4-6-11(10)9(8)2;1-2-5-9-7-3-6-8(9)4-1;;;;/h3-7H,1-2H3;1-7H;2*1H;;1H2/q2*-1;;;+2;/p-2. The maximum Gasteiger partial charge on any atom is -0.0809 e. The first-order valence-electron chi connectivity index (χ1n) is 7.33. The van der Waals surface area contributed by atoms with E-state index in [9.17, 15) is 0 Å². The molecule has 0 saturated carbocycles. The first-order valence-corrected chi connectivity index (χ1v) is 15.7. The average Bonchev–Trinajstić information content (AvgIpc) is 3.16. The van der Waals surface area contributed by atoms with Gasteiger partial charge in [0.25, 0.3) is 0 Å². The molecule has 4 heteroatoms. The van der Waals surface area contributed by atoms with Crippen molar-refractivity contribution in [3.05, 3.63) is 83.9 Å². The van der Waals surface area contributed by atoms with E-state index >= 15 is 0 Å². The van der Waals surface area contributed by atoms with Gasteiger partial charge >= 0.3 is 29.9 Å². The summed E-state index contributed by atoms with van der Waals surface area (Å²) >= 11 is 1.33. The van der Waals surface area contributed by atoms with E-state index in [1.807, 2.05) is 6.94 Å². The van der Waals surface area contributed by atoms with E-state index in [0.717, 1.165) is 0 Å². The minimum Gasteiger partial charge on any atom is -0.168 e. The molecule has 0 aromatic heterocycles. The van der Waals surface area contributed by atoms with Gasteiger partial charge in [-0.2, -0.15) is 23.1 Å². The van der Waals surface area contributed by atoms with Gasteiger partial charge in [-0.25, -0.2) is 0 Å². The number of benzene rings is 2. The summed E-state index contributed by atoms with van der Waals surface area (Å²) in [5.74, 6) is 0. The fraction of sp³-hybridized carbons (Fsp3) is 0.100. The predicted octanol–water partition coefficient (Wildman–Crippen LogP) is -1.18. The molecule has 4 rings (SSSR count). The van der Waals surface area contributed by atoms with Crippen LogP contribution in [0.25, 0.3) is 21.5 Å². The first kappa shape index (κ1) is 23.3. The summed E-state index contributed by atoms with van der Waals surface area (Å²) in [4.78, 5) is 0. The molecule has 4 aromatic carbocycles. The third-order valence-electron chi connectivity index (χ3n) is 3.88. The van der Waals surface area contributed by atoms with Gasteiger partial charge in [0.2, 0.25) is 0 Å². The van der Waals surface area contributed by atoms with Crippen LogP contribution in [-0.4, -0.2) is 6.94 Å². The Morgan fingerprint density at radius 2 is 1.38 bits per heavy atom. The quantitative estimate of drug-likeness (QED) is 0.196. The summed E-state index contributed by atoms with van der Waals surface area (Å²) in [5, 5.41) is 5.42. The Hall–Kier alpha value is -0.673. The average molecular weight is 538 g/mol. The molecule has 0 nitrogen and oxygen atoms in total. The van der Waals surface area contributed by atoms with E-state index < -0.39 is 0 Å². The van der Waals surface area contributed by atoms with Crippen LogP contribution in [0.4, 0.5) is 0 Å². The van der Waals surface area contributed by atoms with Crippen molar-refractivity contribution in [2.45, 2.75) is 13.8 Å². The van der Waals surface area contributed by atoms with Gasteiger partial charge in [0.1, 0.15) is 0 Å². The molecule has 0 aliphatic carbocycles. The third-order valence-corrected chi connectivity index (χ3v) is 3.88. The molecule has 0 unspecified atom stereocenters. The normalized spacial score (nSPS) is 9.00. The minimum absolute atomic E-state index is 0. The fourth-order valence-corrected chi connectivity index (χ4v) is 2.59. The Balaban J connectivity index is 0.000000376. The second kappa shape index (κ2) is 11.8. The Bertz CT molecular complexity index is 834. The third kappa shape index (κ3) is 5.70. The van der Waals surface area contributed by atoms with Crippen molar-refractivity contribution in [1.82, 2.24) is 0 Å². The molecule has 4 aromatic rings. The summed E-state index contributed by atoms with van der Waals surface area (Å²) < 4.78 is 0. The van der Waals surface area contributed by atoms with Gasteiger partial charge in [-0.15, -0.1) is 70.3 Å². The predicted molar refractivity (Wildman–Crippen MR) is 97.1 cm³/mol. The van der Waals surface area contributed by atoms with Crippen molar-refractivity contribution in [3.63, 3.8) is 0 Å². The van der Waals surface area contributed by atoms with Crippen LogP contribution in [-0.2, 0) is 23.0 Å². The zero-order chi connectivity index (χ0) is 15.9. The Kier molecular flexibility index (Phi) is 11.5. The van der Waals surface area contributed by atoms with Crippen molar-refractivity contribution < 1.29 is 47.8 Å². The van der Waals surface area contributed by atoms with Crippen molar-refractivity contribution >= 4 is 28.5 Å². The Morgan fingerprint density at radius 3 is 2.00 bits per heavy atom. The summed E-state index contributed by atoms with van der Waals surface area (Å²) in [7, 11) is 0. The van der Waals surface area contributed by atoms with Crippen molar-refractivity contribution in [2.24, 2.45) is 0 Å². The number of hydrogen-bond donors (Lipinski definition) is 0. The molecule has 0 amide bonds. The molecule has 0 heterocycles. The summed E-state index contributed by atoms with van der Waals surface area (Å²) in [5.41, 5.74) is 2.81. The van der Waals surface area contributed by atoms with Crippen molar-refractivity contribution in [1.29, 1.82) is 0 Å². The van der Waals surface area contributed by atoms with Gasteiger partial charge in [0, 0.05) is 0 Å². The first-order chi connectivity index (χ1) is 10.8. The van der Waals surface area contributed by atoms with E-state index in [0.29, 0.717) is 0 Å². The maximum absolute atomic E-state index is 2.24. The molecular weight excluding hydrogens is 518 g/mol. The van der Waals surface area contributed by atoms with Crippen LogP contribution >= 0.6 is 0 Å². The van der Waals surface area contributed by atoms with Gasteiger partial charge < -0.3 is 24.8 Å². The number of aryl methyl sites for hydroxylation is 2. The maximum atomic E-state index is 2.24. The summed E-state index contributed by atoms with van der Waals surface area (Å²) in [6.07, 6.45) is 0. The summed E-state index contributed by atoms with van der Waals surface area (Å²) in [6.45, 7) is 6.34. The molecule has 0 atom stereocenters. The van der Waals surface area contributed by atoms with Gasteiger partial charge in [0.15, 0.2) is 0 Å². The topological polar surface area (TPSA) is 0 Å². The molecule has 24 heavy (non-hydrogen) atoms. The van der Waals surface area contributed by atoms with Crippen LogP contribution in [0.2, 0.25) is 0 Å². The van der Waals surface area contributed by atoms with Crippen LogP contribution in [0.15, 0.2) is 72.8 Å². The number of rotatable bonds is 0. The molecule has 0 radical (unpaired) electrons. The second-order valence-electron chi connectivity index (χ2n) is 5.19. The smallest absolute Gasteiger partial charge is 0.0809 e. The Morgan fingerprint density at radius 1 is 0.792 bits per heavy atom. The van der Waals surface area contributed by atoms with Crippen LogP contribution in [0.5, 0.6) is 0 Å². The Labute approximate surface area is 173 Å². The monoisotopic (exact) mass is 538 g/mol. The second-order valence-corrected chi connectivity index (χ2v) is 5.19. The summed E-state index contributed by atoms with van der Waals surface area (Å²) in [6, 6.07) is 25.4. The van der Waals surface area contributed by atoms with E-state index in [1.54, 1.807) is 0 Å². The van der Waals surface area contributed by atoms with Gasteiger partial charge in [-0.1, -0.05) is 26.0 Å². The zero-order valence-electron chi connectivity index (χ0n) is 13.9. The SMILES string of the molecule is Cc1[cH-]c2ccccc2c1C.[Cl-].[Cl-].[SiH2]=[Hf+2].c1ccc2[cH-]ccc2c1. The van der Waals surface area contributed by atoms with Crippen LogP contribution in [0.1, 0.15) is 11.1 Å². The van der Waals surface area contributed by atoms with Crippen LogP contribution in [0.3, 0.4) is 0 Å². The zero-order valence-corrected chi connectivity index (χ0v) is 20.4. The van der Waals surface area contributed by atoms with Gasteiger partial charge in [-0.3, -0.25) is 0 Å². The molecule has 0 N–H and O–H groups in total. The van der Waals surface area contributed by atoms with E-state index in [1.165, 1.54) is 55.7 Å². The molecular formula is C20H20Cl2HfSi-2. The number of fused-ring (bicyclic) bond motifs is 2. The number of halogens is 2. The molecule has 0 aliphatic heterocycles. The molecule has 0 bridgehead atoms. The molecule has 0 fully saturated rings. The molecule has 0 spiro atoms. The van der Waals surface area contributed by atoms with E-state index in [4.69, 9.17) is 0 Å². The minimum atomic E-state index is 0. The van der Waals surface area contributed by atoms with E-state index in [-0.39, 0.29) is 24.8 Å². The van der Waals surface area contributed by atoms with Crippen molar-refractivity contribution in [3.8, 4) is 0 Å². The van der Waals surface area contributed by atoms with Crippen LogP contribution in [0, 0.1) is 13.8 Å². The van der Waals surface area contributed by atoms with E-state index in [2.05, 4.69) is 86.6 Å². The van der Waals surface area contributed by atoms with Crippen molar-refractivity contribution in [2.75, 3.05) is 0 Å². The van der Waals surface area contributed by atoms with Gasteiger partial charge in [-0.05, 0) is 0 Å². The van der Waals surface area contributed by atoms with Gasteiger partial charge in [0.05, 0.1) is 0 Å². The number of hydrogen-bond acceptors (Lipinski definition) is 0. The van der Waals surface area contributed by atoms with Crippen LogP contribution < -0.4 is 24.8 Å².